The molecule has 0 bridgehead atoms. The fourth-order valence-corrected chi connectivity index (χ4v) is 4.69. The Morgan fingerprint density at radius 1 is 0.972 bits per heavy atom. The smallest absolute Gasteiger partial charge is 0.264 e. The molecule has 2 aromatic heterocycles. The first-order valence-electron chi connectivity index (χ1n) is 11.8. The third-order valence-corrected chi connectivity index (χ3v) is 7.75. The van der Waals surface area contributed by atoms with Gasteiger partial charge in [-0.25, -0.2) is 4.68 Å². The lowest BCUT2D eigenvalue weighted by molar-refractivity contribution is 0.0798. The van der Waals surface area contributed by atoms with Crippen molar-refractivity contribution in [1.82, 2.24) is 19.6 Å². The van der Waals surface area contributed by atoms with Crippen molar-refractivity contribution in [3.8, 4) is 22.8 Å². The molecule has 4 rings (SSSR count). The molecule has 4 aromatic rings. The normalized spacial score (nSPS) is 12.3. The van der Waals surface area contributed by atoms with Crippen LogP contribution < -0.4 is 4.74 Å². The highest BCUT2D eigenvalue weighted by molar-refractivity contribution is 7.85. The van der Waals surface area contributed by atoms with E-state index in [9.17, 15) is 8.42 Å². The van der Waals surface area contributed by atoms with Gasteiger partial charge >= 0.3 is 0 Å². The maximum absolute atomic E-state index is 11.1. The van der Waals surface area contributed by atoms with Crippen LogP contribution in [0.4, 0.5) is 0 Å². The molecule has 2 heterocycles. The summed E-state index contributed by atoms with van der Waals surface area (Å²) >= 11 is 0. The van der Waals surface area contributed by atoms with Gasteiger partial charge in [0.1, 0.15) is 18.2 Å². The van der Waals surface area contributed by atoms with E-state index in [4.69, 9.17) is 13.7 Å². The second kappa shape index (κ2) is 11.0. The molecule has 0 radical (unpaired) electrons. The number of aromatic nitrogens is 4. The highest BCUT2D eigenvalue weighted by atomic mass is 32.2. The van der Waals surface area contributed by atoms with Crippen molar-refractivity contribution in [3.63, 3.8) is 0 Å². The van der Waals surface area contributed by atoms with Gasteiger partial charge in [0.05, 0.1) is 30.6 Å². The van der Waals surface area contributed by atoms with Crippen molar-refractivity contribution in [3.05, 3.63) is 60.9 Å². The molecule has 0 saturated carbocycles. The molecule has 9 nitrogen and oxygen atoms in total. The van der Waals surface area contributed by atoms with Crippen molar-refractivity contribution in [2.75, 3.05) is 19.5 Å². The van der Waals surface area contributed by atoms with Crippen LogP contribution in [0, 0.1) is 0 Å². The van der Waals surface area contributed by atoms with E-state index in [1.807, 2.05) is 59.4 Å². The molecular weight excluding hydrogens is 496 g/mol. The molecule has 0 aliphatic rings. The summed E-state index contributed by atoms with van der Waals surface area (Å²) in [7, 11) is -4.59. The number of ether oxygens (including phenoxy) is 2. The molecule has 11 heteroatoms. The highest BCUT2D eigenvalue weighted by Crippen LogP contribution is 2.28. The Balaban J connectivity index is 1.37. The average Bonchev–Trinajstić information content (AvgIpc) is 3.42. The Morgan fingerprint density at radius 3 is 2.44 bits per heavy atom. The lowest BCUT2D eigenvalue weighted by atomic mass is 10.1. The van der Waals surface area contributed by atoms with Gasteiger partial charge in [0.2, 0.25) is 0 Å². The number of hydrogen-bond acceptors (Lipinski definition) is 7. The summed E-state index contributed by atoms with van der Waals surface area (Å²) in [6.07, 6.45) is 4.65. The summed E-state index contributed by atoms with van der Waals surface area (Å²) in [6, 6.07) is 16.6. The van der Waals surface area contributed by atoms with Crippen LogP contribution in [0.15, 0.2) is 60.9 Å². The lowest BCUT2D eigenvalue weighted by Crippen LogP contribution is -2.22. The topological polar surface area (TPSA) is 97.5 Å². The van der Waals surface area contributed by atoms with Crippen molar-refractivity contribution in [1.29, 1.82) is 0 Å². The Bertz CT molecular complexity index is 1410. The molecule has 192 valence electrons. The van der Waals surface area contributed by atoms with Gasteiger partial charge in [-0.1, -0.05) is 19.6 Å². The molecule has 0 N–H and O–H groups in total. The lowest BCUT2D eigenvalue weighted by Gasteiger charge is -2.16. The minimum absolute atomic E-state index is 0.0338. The largest absolute Gasteiger partial charge is 0.457 e. The van der Waals surface area contributed by atoms with Crippen LogP contribution in [-0.4, -0.2) is 55.5 Å². The molecule has 0 saturated heterocycles. The predicted octanol–water partition coefficient (Wildman–Crippen LogP) is 4.98. The van der Waals surface area contributed by atoms with Gasteiger partial charge in [0, 0.05) is 38.0 Å². The number of hydrogen-bond donors (Lipinski definition) is 0. The SMILES string of the molecule is C[Si](C)(C)CCOCn1nccc1-c1ccc(Oc2ccc3nn(CCOS(C)(=O)=O)cc3c2)cc1. The van der Waals surface area contributed by atoms with Gasteiger partial charge in [-0.2, -0.15) is 18.6 Å². The van der Waals surface area contributed by atoms with Crippen molar-refractivity contribution in [2.45, 2.75) is 39.0 Å². The summed E-state index contributed by atoms with van der Waals surface area (Å²) in [4.78, 5) is 0. The standard InChI is InChI=1S/C25H32N4O5SSi/c1-35(30,31)33-14-13-28-18-21-17-23(9-10-24(21)27-28)34-22-7-5-20(6-8-22)25-11-12-26-29(25)19-32-15-16-36(2,3)4/h5-12,17-18H,13-16,19H2,1-4H3. The average molecular weight is 529 g/mol. The van der Waals surface area contributed by atoms with Crippen LogP contribution >= 0.6 is 0 Å². The Labute approximate surface area is 212 Å². The van der Waals surface area contributed by atoms with E-state index in [1.54, 1.807) is 10.9 Å². The summed E-state index contributed by atoms with van der Waals surface area (Å²) in [5.74, 6) is 1.40. The molecule has 36 heavy (non-hydrogen) atoms. The van der Waals surface area contributed by atoms with Crippen molar-refractivity contribution in [2.24, 2.45) is 0 Å². The summed E-state index contributed by atoms with van der Waals surface area (Å²) < 4.78 is 42.5. The van der Waals surface area contributed by atoms with E-state index in [2.05, 4.69) is 29.8 Å². The monoisotopic (exact) mass is 528 g/mol. The fourth-order valence-electron chi connectivity index (χ4n) is 3.56. The minimum Gasteiger partial charge on any atom is -0.457 e. The van der Waals surface area contributed by atoms with Crippen LogP contribution in [0.5, 0.6) is 11.5 Å². The zero-order chi connectivity index (χ0) is 25.8. The van der Waals surface area contributed by atoms with Crippen LogP contribution in [0.1, 0.15) is 0 Å². The van der Waals surface area contributed by atoms with Gasteiger partial charge < -0.3 is 9.47 Å². The zero-order valence-electron chi connectivity index (χ0n) is 21.0. The minimum atomic E-state index is -3.47. The number of fused-ring (bicyclic) bond motifs is 1. The third-order valence-electron chi connectivity index (χ3n) is 5.45. The maximum atomic E-state index is 11.1. The molecule has 0 aliphatic carbocycles. The first-order valence-corrected chi connectivity index (χ1v) is 17.3. The predicted molar refractivity (Wildman–Crippen MR) is 142 cm³/mol. The molecule has 0 spiro atoms. The first-order chi connectivity index (χ1) is 17.1. The quantitative estimate of drug-likeness (QED) is 0.145. The zero-order valence-corrected chi connectivity index (χ0v) is 22.9. The van der Waals surface area contributed by atoms with E-state index in [0.717, 1.165) is 41.1 Å². The second-order valence-electron chi connectivity index (χ2n) is 9.83. The Kier molecular flexibility index (Phi) is 7.93. The molecular formula is C25H32N4O5SSi. The van der Waals surface area contributed by atoms with E-state index < -0.39 is 18.2 Å². The number of nitrogens with zero attached hydrogens (tertiary/aromatic N) is 4. The van der Waals surface area contributed by atoms with E-state index in [0.29, 0.717) is 24.8 Å². The number of benzene rings is 2. The second-order valence-corrected chi connectivity index (χ2v) is 17.1. The van der Waals surface area contributed by atoms with E-state index in [1.165, 1.54) is 0 Å². The third kappa shape index (κ3) is 7.50. The van der Waals surface area contributed by atoms with Crippen molar-refractivity contribution >= 4 is 29.1 Å². The van der Waals surface area contributed by atoms with Gasteiger partial charge in [0.25, 0.3) is 10.1 Å². The van der Waals surface area contributed by atoms with Gasteiger partial charge in [0.15, 0.2) is 0 Å². The highest BCUT2D eigenvalue weighted by Gasteiger charge is 2.13. The van der Waals surface area contributed by atoms with Gasteiger partial charge in [-0.05, 0) is 54.6 Å². The van der Waals surface area contributed by atoms with Crippen LogP contribution in [0.2, 0.25) is 25.7 Å². The Hall–Kier alpha value is -2.99. The molecule has 0 atom stereocenters. The first kappa shape index (κ1) is 26.1. The summed E-state index contributed by atoms with van der Waals surface area (Å²) in [5.41, 5.74) is 2.81. The fraction of sp³-hybridized carbons (Fsp3) is 0.360. The summed E-state index contributed by atoms with van der Waals surface area (Å²) in [5, 5.41) is 9.73. The summed E-state index contributed by atoms with van der Waals surface area (Å²) in [6.45, 7) is 8.56. The van der Waals surface area contributed by atoms with Gasteiger partial charge in [-0.15, -0.1) is 0 Å². The molecule has 0 fully saturated rings. The van der Waals surface area contributed by atoms with E-state index >= 15 is 0 Å². The van der Waals surface area contributed by atoms with Crippen molar-refractivity contribution < 1.29 is 22.1 Å². The van der Waals surface area contributed by atoms with Gasteiger partial charge in [-0.3, -0.25) is 8.86 Å². The van der Waals surface area contributed by atoms with Crippen LogP contribution in [0.3, 0.4) is 0 Å². The Morgan fingerprint density at radius 2 is 1.72 bits per heavy atom. The van der Waals surface area contributed by atoms with E-state index in [-0.39, 0.29) is 6.61 Å². The van der Waals surface area contributed by atoms with Crippen LogP contribution in [-0.2, 0) is 32.3 Å². The molecule has 0 amide bonds. The molecule has 2 aromatic carbocycles. The number of rotatable bonds is 12. The molecule has 0 unspecified atom stereocenters. The maximum Gasteiger partial charge on any atom is 0.264 e. The molecule has 0 aliphatic heterocycles. The van der Waals surface area contributed by atoms with Crippen LogP contribution in [0.25, 0.3) is 22.2 Å².